The summed E-state index contributed by atoms with van der Waals surface area (Å²) in [7, 11) is 3.97. The standard InChI is InChI=1S/C27H29N3O3S.Na.H/c1-30(2)25-13-15-28-18-21(25)11-9-19-10-12-22(23(17-19)20-7-5-4-6-8-20)26(31)29-24(27(32)33)14-16-34-3;;/h4-13,15,17-18,24H,14,16H2,1-3H3,(H,29,31)(H,32,33);;/q;+1;-1. The number of carboxylic acid groups (broad SMARTS) is 1. The summed E-state index contributed by atoms with van der Waals surface area (Å²) in [5, 5.41) is 12.2. The van der Waals surface area contributed by atoms with Gasteiger partial charge in [0.15, 0.2) is 0 Å². The van der Waals surface area contributed by atoms with E-state index in [9.17, 15) is 14.7 Å². The Morgan fingerprint density at radius 2 is 1.89 bits per heavy atom. The molecular weight excluding hydrogens is 469 g/mol. The van der Waals surface area contributed by atoms with Gasteiger partial charge in [-0.05, 0) is 53.3 Å². The number of hydrogen-bond donors (Lipinski definition) is 2. The van der Waals surface area contributed by atoms with E-state index in [1.807, 2.05) is 92.1 Å². The van der Waals surface area contributed by atoms with Gasteiger partial charge in [0.25, 0.3) is 5.91 Å². The van der Waals surface area contributed by atoms with E-state index in [0.29, 0.717) is 17.7 Å². The molecule has 6 nitrogen and oxygen atoms in total. The molecule has 1 amide bonds. The van der Waals surface area contributed by atoms with Crippen molar-refractivity contribution >= 4 is 41.5 Å². The van der Waals surface area contributed by atoms with Crippen LogP contribution in [0.5, 0.6) is 0 Å². The van der Waals surface area contributed by atoms with E-state index in [1.54, 1.807) is 24.0 Å². The zero-order valence-corrected chi connectivity index (χ0v) is 23.4. The van der Waals surface area contributed by atoms with Gasteiger partial charge in [-0.25, -0.2) is 4.79 Å². The number of anilines is 1. The minimum atomic E-state index is -1.03. The van der Waals surface area contributed by atoms with Crippen molar-refractivity contribution in [2.24, 2.45) is 0 Å². The quantitative estimate of drug-likeness (QED) is 0.416. The van der Waals surface area contributed by atoms with Gasteiger partial charge in [-0.15, -0.1) is 0 Å². The van der Waals surface area contributed by atoms with Crippen LogP contribution in [0, 0.1) is 0 Å². The molecule has 35 heavy (non-hydrogen) atoms. The average Bonchev–Trinajstić information content (AvgIpc) is 2.85. The van der Waals surface area contributed by atoms with E-state index < -0.39 is 17.9 Å². The number of carboxylic acids is 1. The molecule has 1 atom stereocenters. The monoisotopic (exact) mass is 499 g/mol. The number of nitrogens with zero attached hydrogens (tertiary/aromatic N) is 2. The van der Waals surface area contributed by atoms with Crippen LogP contribution in [0.15, 0.2) is 67.0 Å². The molecular formula is C27H30N3NaO3S. The number of carbonyl (C=O) groups excluding carboxylic acids is 1. The first-order valence-electron chi connectivity index (χ1n) is 10.9. The number of nitrogens with one attached hydrogen (secondary N) is 1. The minimum Gasteiger partial charge on any atom is -1.00 e. The fourth-order valence-electron chi connectivity index (χ4n) is 3.57. The first-order chi connectivity index (χ1) is 16.4. The minimum absolute atomic E-state index is 0. The van der Waals surface area contributed by atoms with E-state index in [1.165, 1.54) is 0 Å². The van der Waals surface area contributed by atoms with Gasteiger partial charge in [-0.1, -0.05) is 48.6 Å². The molecule has 3 aromatic rings. The molecule has 0 bridgehead atoms. The zero-order valence-electron chi connectivity index (χ0n) is 21.6. The maximum absolute atomic E-state index is 13.1. The third-order valence-electron chi connectivity index (χ3n) is 5.35. The molecule has 0 saturated heterocycles. The Morgan fingerprint density at radius 1 is 1.14 bits per heavy atom. The molecule has 0 radical (unpaired) electrons. The van der Waals surface area contributed by atoms with Crippen molar-refractivity contribution in [1.29, 1.82) is 0 Å². The molecule has 0 aliphatic rings. The van der Waals surface area contributed by atoms with Crippen molar-refractivity contribution in [1.82, 2.24) is 10.3 Å². The van der Waals surface area contributed by atoms with E-state index in [2.05, 4.69) is 10.3 Å². The first-order valence-corrected chi connectivity index (χ1v) is 12.3. The Hall–Kier alpha value is -2.58. The van der Waals surface area contributed by atoms with E-state index in [-0.39, 0.29) is 31.0 Å². The summed E-state index contributed by atoms with van der Waals surface area (Å²) in [6, 6.07) is 16.2. The molecule has 3 rings (SSSR count). The second kappa shape index (κ2) is 14.1. The zero-order chi connectivity index (χ0) is 24.5. The van der Waals surface area contributed by atoms with Gasteiger partial charge < -0.3 is 16.7 Å². The summed E-state index contributed by atoms with van der Waals surface area (Å²) in [6.45, 7) is 0. The topological polar surface area (TPSA) is 82.5 Å². The fraction of sp³-hybridized carbons (Fsp3) is 0.222. The number of benzene rings is 2. The number of aromatic nitrogens is 1. The molecule has 1 unspecified atom stereocenters. The summed E-state index contributed by atoms with van der Waals surface area (Å²) in [6.07, 6.45) is 9.83. The smallest absolute Gasteiger partial charge is 1.00 e. The molecule has 0 spiro atoms. The molecule has 178 valence electrons. The Morgan fingerprint density at radius 3 is 2.54 bits per heavy atom. The van der Waals surface area contributed by atoms with Crippen LogP contribution >= 0.6 is 11.8 Å². The van der Waals surface area contributed by atoms with Gasteiger partial charge in [0.05, 0.1) is 0 Å². The van der Waals surface area contributed by atoms with Crippen molar-refractivity contribution in [3.63, 3.8) is 0 Å². The predicted molar refractivity (Wildman–Crippen MR) is 142 cm³/mol. The van der Waals surface area contributed by atoms with E-state index >= 15 is 0 Å². The van der Waals surface area contributed by atoms with Gasteiger partial charge in [-0.2, -0.15) is 11.8 Å². The van der Waals surface area contributed by atoms with Crippen molar-refractivity contribution < 1.29 is 45.7 Å². The van der Waals surface area contributed by atoms with Crippen LogP contribution in [0.2, 0.25) is 0 Å². The van der Waals surface area contributed by atoms with Crippen molar-refractivity contribution in [2.75, 3.05) is 31.0 Å². The third kappa shape index (κ3) is 7.97. The molecule has 1 heterocycles. The third-order valence-corrected chi connectivity index (χ3v) is 6.00. The second-order valence-electron chi connectivity index (χ2n) is 7.98. The van der Waals surface area contributed by atoms with Crippen molar-refractivity contribution in [2.45, 2.75) is 12.5 Å². The number of pyridine rings is 1. The second-order valence-corrected chi connectivity index (χ2v) is 8.96. The molecule has 1 aromatic heterocycles. The van der Waals surface area contributed by atoms with Crippen LogP contribution in [0.25, 0.3) is 23.3 Å². The largest absolute Gasteiger partial charge is 1.00 e. The van der Waals surface area contributed by atoms with Gasteiger partial charge in [0.2, 0.25) is 0 Å². The average molecular weight is 500 g/mol. The van der Waals surface area contributed by atoms with Gasteiger partial charge >= 0.3 is 35.5 Å². The van der Waals surface area contributed by atoms with Crippen LogP contribution in [-0.4, -0.2) is 54.1 Å². The number of rotatable bonds is 10. The SMILES string of the molecule is CSCCC(NC(=O)c1ccc(C=Cc2cnccc2N(C)C)cc1-c1ccccc1)C(=O)O.[H-].[Na+]. The number of carbonyl (C=O) groups is 2. The van der Waals surface area contributed by atoms with Gasteiger partial charge in [0.1, 0.15) is 6.04 Å². The molecule has 0 aliphatic heterocycles. The number of amides is 1. The molecule has 0 aliphatic carbocycles. The first kappa shape index (κ1) is 28.7. The predicted octanol–water partition coefficient (Wildman–Crippen LogP) is 2.04. The molecule has 8 heteroatoms. The Kier molecular flexibility index (Phi) is 11.5. The summed E-state index contributed by atoms with van der Waals surface area (Å²) < 4.78 is 0. The van der Waals surface area contributed by atoms with Crippen LogP contribution in [-0.2, 0) is 4.79 Å². The maximum atomic E-state index is 13.1. The number of aliphatic carboxylic acids is 1. The molecule has 0 fully saturated rings. The Balaban J connectivity index is 0.00000324. The van der Waals surface area contributed by atoms with Crippen molar-refractivity contribution in [3.8, 4) is 11.1 Å². The summed E-state index contributed by atoms with van der Waals surface area (Å²) >= 11 is 1.55. The van der Waals surface area contributed by atoms with Crippen LogP contribution in [0.1, 0.15) is 29.3 Å². The number of thioether (sulfide) groups is 1. The Bertz CT molecular complexity index is 1180. The van der Waals surface area contributed by atoms with Crippen LogP contribution in [0.3, 0.4) is 0 Å². The van der Waals surface area contributed by atoms with Crippen LogP contribution in [0.4, 0.5) is 5.69 Å². The summed E-state index contributed by atoms with van der Waals surface area (Å²) in [5.41, 5.74) is 5.02. The van der Waals surface area contributed by atoms with Gasteiger partial charge in [0, 0.05) is 43.3 Å². The molecule has 2 aromatic carbocycles. The number of hydrogen-bond acceptors (Lipinski definition) is 5. The van der Waals surface area contributed by atoms with Crippen LogP contribution < -0.4 is 39.8 Å². The van der Waals surface area contributed by atoms with E-state index in [0.717, 1.165) is 27.9 Å². The summed E-state index contributed by atoms with van der Waals surface area (Å²) in [4.78, 5) is 31.0. The van der Waals surface area contributed by atoms with Gasteiger partial charge in [-0.3, -0.25) is 9.78 Å². The summed E-state index contributed by atoms with van der Waals surface area (Å²) in [5.74, 6) is -0.781. The molecule has 0 saturated carbocycles. The molecule has 2 N–H and O–H groups in total. The fourth-order valence-corrected chi connectivity index (χ4v) is 4.04. The maximum Gasteiger partial charge on any atom is 1.00 e. The van der Waals surface area contributed by atoms with E-state index in [4.69, 9.17) is 0 Å². The normalized spacial score (nSPS) is 11.5. The Labute approximate surface area is 234 Å². The van der Waals surface area contributed by atoms with Crippen molar-refractivity contribution in [3.05, 3.63) is 83.7 Å².